The van der Waals surface area contributed by atoms with Crippen LogP contribution in [0.15, 0.2) is 0 Å². The van der Waals surface area contributed by atoms with Gasteiger partial charge in [-0.05, 0) is 0 Å². The Bertz CT molecular complexity index is 51.4. The van der Waals surface area contributed by atoms with E-state index in [0.29, 0.717) is 0 Å². The lowest BCUT2D eigenvalue weighted by molar-refractivity contribution is 0.314. The number of rotatable bonds is 2. The molecule has 46 valence electrons. The summed E-state index contributed by atoms with van der Waals surface area (Å²) in [6.07, 6.45) is 0. The van der Waals surface area contributed by atoms with Gasteiger partial charge < -0.3 is 5.11 Å². The maximum atomic E-state index is 8.27. The van der Waals surface area contributed by atoms with Crippen LogP contribution in [0.3, 0.4) is 0 Å². The van der Waals surface area contributed by atoms with Crippen molar-refractivity contribution in [2.75, 3.05) is 12.4 Å². The molecule has 0 atom stereocenters. The Labute approximate surface area is 43.4 Å². The van der Waals surface area contributed by atoms with Gasteiger partial charge in [0.15, 0.2) is 0 Å². The van der Waals surface area contributed by atoms with Crippen LogP contribution >= 0.6 is 10.8 Å². The summed E-state index contributed by atoms with van der Waals surface area (Å²) in [6.45, 7) is -0.279. The molecule has 0 aliphatic carbocycles. The summed E-state index contributed by atoms with van der Waals surface area (Å²) in [6, 6.07) is 0. The van der Waals surface area contributed by atoms with Gasteiger partial charge in [-0.25, -0.2) is 5.14 Å². The molecule has 0 saturated carbocycles. The van der Waals surface area contributed by atoms with Crippen LogP contribution in [0, 0.1) is 0 Å². The van der Waals surface area contributed by atoms with E-state index in [2.05, 4.69) is 5.14 Å². The smallest absolute Gasteiger partial charge is 0.0757 e. The van der Waals surface area contributed by atoms with Crippen LogP contribution in [-0.2, 0) is 0 Å². The summed E-state index contributed by atoms with van der Waals surface area (Å²) < 4.78 is 16.5. The second-order valence-corrected chi connectivity index (χ2v) is 2.99. The van der Waals surface area contributed by atoms with Gasteiger partial charge in [0.05, 0.1) is 12.4 Å². The molecule has 4 nitrogen and oxygen atoms in total. The number of nitrogens with two attached hydrogens (primary N) is 1. The molecule has 0 heterocycles. The van der Waals surface area contributed by atoms with Gasteiger partial charge >= 0.3 is 0 Å². The molecule has 0 aliphatic rings. The molecule has 5 N–H and O–H groups in total. The first-order valence-corrected chi connectivity index (χ1v) is 3.48. The largest absolute Gasteiger partial charge is 0.395 e. The number of aliphatic hydroxyl groups excluding tert-OH is 1. The second kappa shape index (κ2) is 2.49. The minimum Gasteiger partial charge on any atom is -0.395 e. The molecule has 0 aromatic heterocycles. The predicted octanol–water partition coefficient (Wildman–Crippen LogP) is -0.397. The van der Waals surface area contributed by atoms with Crippen molar-refractivity contribution in [3.63, 3.8) is 0 Å². The highest BCUT2D eigenvalue weighted by molar-refractivity contribution is 8.22. The summed E-state index contributed by atoms with van der Waals surface area (Å²) in [5.74, 6) is -0.132. The third kappa shape index (κ3) is 6.19. The summed E-state index contributed by atoms with van der Waals surface area (Å²) in [5.41, 5.74) is 0. The Hall–Kier alpha value is 0.190. The van der Waals surface area contributed by atoms with Crippen molar-refractivity contribution in [2.24, 2.45) is 5.14 Å². The van der Waals surface area contributed by atoms with Crippen molar-refractivity contribution in [3.05, 3.63) is 0 Å². The molecule has 5 heteroatoms. The van der Waals surface area contributed by atoms with Crippen LogP contribution in [0.5, 0.6) is 0 Å². The molecule has 0 radical (unpaired) electrons. The van der Waals surface area contributed by atoms with Crippen LogP contribution < -0.4 is 5.14 Å². The van der Waals surface area contributed by atoms with Crippen molar-refractivity contribution in [3.8, 4) is 0 Å². The zero-order valence-electron chi connectivity index (χ0n) is 3.74. The topological polar surface area (TPSA) is 86.7 Å². The van der Waals surface area contributed by atoms with E-state index in [-0.39, 0.29) is 12.4 Å². The predicted molar refractivity (Wildman–Crippen MR) is 29.0 cm³/mol. The quantitative estimate of drug-likeness (QED) is 0.406. The van der Waals surface area contributed by atoms with Gasteiger partial charge in [0.1, 0.15) is 0 Å². The third-order valence-corrected chi connectivity index (χ3v) is 1.18. The van der Waals surface area contributed by atoms with E-state index in [9.17, 15) is 0 Å². The highest BCUT2D eigenvalue weighted by Gasteiger charge is 1.99. The lowest BCUT2D eigenvalue weighted by atomic mass is 10.9. The minimum absolute atomic E-state index is 0.132. The fraction of sp³-hybridized carbons (Fsp3) is 1.00. The zero-order valence-corrected chi connectivity index (χ0v) is 4.56. The van der Waals surface area contributed by atoms with Crippen LogP contribution in [0.2, 0.25) is 0 Å². The molecule has 0 aromatic rings. The van der Waals surface area contributed by atoms with Crippen molar-refractivity contribution in [1.82, 2.24) is 0 Å². The summed E-state index contributed by atoms with van der Waals surface area (Å²) in [5, 5.41) is 12.7. The molecule has 7 heavy (non-hydrogen) atoms. The fourth-order valence-electron chi connectivity index (χ4n) is 0.134. The average molecular weight is 127 g/mol. The van der Waals surface area contributed by atoms with Crippen LogP contribution in [0.1, 0.15) is 0 Å². The first kappa shape index (κ1) is 7.19. The number of hydrogen-bond acceptors (Lipinski definition) is 4. The summed E-state index contributed by atoms with van der Waals surface area (Å²) >= 11 is 0. The number of aliphatic hydroxyl groups is 1. The maximum Gasteiger partial charge on any atom is 0.0757 e. The van der Waals surface area contributed by atoms with Gasteiger partial charge in [0.2, 0.25) is 0 Å². The molecule has 0 bridgehead atoms. The lowest BCUT2D eigenvalue weighted by Gasteiger charge is -2.24. The van der Waals surface area contributed by atoms with Crippen molar-refractivity contribution in [1.29, 1.82) is 0 Å². The average Bonchev–Trinajstić information content (AvgIpc) is 1.30. The van der Waals surface area contributed by atoms with Crippen LogP contribution in [-0.4, -0.2) is 26.6 Å². The molecule has 0 amide bonds. The second-order valence-electron chi connectivity index (χ2n) is 1.15. The molecule has 0 aliphatic heterocycles. The van der Waals surface area contributed by atoms with Gasteiger partial charge in [-0.3, -0.25) is 9.11 Å². The molecule has 0 unspecified atom stereocenters. The zero-order chi connectivity index (χ0) is 5.91. The highest BCUT2D eigenvalue weighted by atomic mass is 32.3. The Morgan fingerprint density at radius 3 is 1.86 bits per heavy atom. The lowest BCUT2D eigenvalue weighted by Crippen LogP contribution is -2.14. The Kier molecular flexibility index (Phi) is 2.55. The van der Waals surface area contributed by atoms with E-state index in [4.69, 9.17) is 14.2 Å². The van der Waals surface area contributed by atoms with Gasteiger partial charge in [0.25, 0.3) is 0 Å². The van der Waals surface area contributed by atoms with E-state index in [1.807, 2.05) is 0 Å². The SMILES string of the molecule is NS(O)(O)CCO. The van der Waals surface area contributed by atoms with Gasteiger partial charge in [-0.15, -0.1) is 10.8 Å². The van der Waals surface area contributed by atoms with Crippen LogP contribution in [0.4, 0.5) is 0 Å². The van der Waals surface area contributed by atoms with E-state index in [1.54, 1.807) is 0 Å². The van der Waals surface area contributed by atoms with Crippen molar-refractivity contribution in [2.45, 2.75) is 0 Å². The fourth-order valence-corrected chi connectivity index (χ4v) is 0.403. The Morgan fingerprint density at radius 1 is 1.43 bits per heavy atom. The first-order chi connectivity index (χ1) is 3.06. The van der Waals surface area contributed by atoms with E-state index in [0.717, 1.165) is 0 Å². The van der Waals surface area contributed by atoms with E-state index < -0.39 is 10.8 Å². The van der Waals surface area contributed by atoms with Gasteiger partial charge in [-0.2, -0.15) is 0 Å². The molecule has 0 aromatic carbocycles. The highest BCUT2D eigenvalue weighted by Crippen LogP contribution is 2.25. The molecular weight excluding hydrogens is 118 g/mol. The van der Waals surface area contributed by atoms with Crippen molar-refractivity contribution >= 4 is 10.8 Å². The normalized spacial score (nSPS) is 14.3. The summed E-state index contributed by atoms with van der Waals surface area (Å²) in [4.78, 5) is 0. The molecule has 0 rings (SSSR count). The monoisotopic (exact) mass is 127 g/mol. The van der Waals surface area contributed by atoms with Gasteiger partial charge in [0, 0.05) is 0 Å². The van der Waals surface area contributed by atoms with Crippen molar-refractivity contribution < 1.29 is 14.2 Å². The molecule has 0 fully saturated rings. The Morgan fingerprint density at radius 2 is 1.86 bits per heavy atom. The summed E-state index contributed by atoms with van der Waals surface area (Å²) in [7, 11) is -2.92. The molecule has 0 spiro atoms. The maximum absolute atomic E-state index is 8.27. The third-order valence-electron chi connectivity index (χ3n) is 0.392. The molecular formula is C2H9NO3S. The van der Waals surface area contributed by atoms with Gasteiger partial charge in [-0.1, -0.05) is 0 Å². The minimum atomic E-state index is -2.92. The Balaban J connectivity index is 3.15. The first-order valence-electron chi connectivity index (χ1n) is 1.71. The number of hydrogen-bond donors (Lipinski definition) is 4. The molecule has 0 saturated heterocycles. The van der Waals surface area contributed by atoms with Crippen LogP contribution in [0.25, 0.3) is 0 Å². The standard InChI is InChI=1S/C2H9NO3S/c3-7(5,6)2-1-4/h4-6H,1-3H2. The van der Waals surface area contributed by atoms with E-state index in [1.165, 1.54) is 0 Å². The van der Waals surface area contributed by atoms with E-state index >= 15 is 0 Å².